The van der Waals surface area contributed by atoms with Gasteiger partial charge in [0.15, 0.2) is 0 Å². The molecule has 0 aliphatic heterocycles. The van der Waals surface area contributed by atoms with Crippen LogP contribution in [0.1, 0.15) is 27.8 Å². The number of nitrogens with zero attached hydrogens (tertiary/aromatic N) is 2. The summed E-state index contributed by atoms with van der Waals surface area (Å²) in [5, 5.41) is 2.69. The Bertz CT molecular complexity index is 1490. The van der Waals surface area contributed by atoms with Crippen molar-refractivity contribution in [2.45, 2.75) is 19.4 Å². The smallest absolute Gasteiger partial charge is 0.0488 e. The zero-order valence-electron chi connectivity index (χ0n) is 19.0. The second-order valence-electron chi connectivity index (χ2n) is 9.50. The lowest BCUT2D eigenvalue weighted by Crippen LogP contribution is -2.10. The molecule has 1 aromatic heterocycles. The molecule has 0 radical (unpaired) electrons. The van der Waals surface area contributed by atoms with E-state index in [4.69, 9.17) is 0 Å². The maximum atomic E-state index is 2.42. The van der Waals surface area contributed by atoms with Crippen LogP contribution in [0.5, 0.6) is 0 Å². The van der Waals surface area contributed by atoms with E-state index in [0.717, 1.165) is 19.4 Å². The summed E-state index contributed by atoms with van der Waals surface area (Å²) in [5.74, 6) is 0. The molecule has 1 aliphatic carbocycles. The summed E-state index contributed by atoms with van der Waals surface area (Å²) in [6.45, 7) is 0.983. The Morgan fingerprint density at radius 3 is 2.31 bits per heavy atom. The summed E-state index contributed by atoms with van der Waals surface area (Å²) >= 11 is 0. The second-order valence-corrected chi connectivity index (χ2v) is 9.50. The van der Waals surface area contributed by atoms with Crippen LogP contribution in [0.3, 0.4) is 0 Å². The molecule has 1 aliphatic rings. The number of rotatable bonds is 4. The van der Waals surface area contributed by atoms with E-state index < -0.39 is 0 Å². The van der Waals surface area contributed by atoms with Gasteiger partial charge in [-0.25, -0.2) is 0 Å². The minimum Gasteiger partial charge on any atom is -0.344 e. The highest BCUT2D eigenvalue weighted by atomic mass is 15.0. The van der Waals surface area contributed by atoms with Gasteiger partial charge in [0, 0.05) is 35.4 Å². The van der Waals surface area contributed by atoms with E-state index in [2.05, 4.69) is 109 Å². The maximum Gasteiger partial charge on any atom is 0.0488 e. The molecule has 0 saturated carbocycles. The highest BCUT2D eigenvalue weighted by molar-refractivity contribution is 6.08. The summed E-state index contributed by atoms with van der Waals surface area (Å²) in [7, 11) is 6.42. The van der Waals surface area contributed by atoms with Gasteiger partial charge in [-0.1, -0.05) is 54.6 Å². The van der Waals surface area contributed by atoms with Gasteiger partial charge < -0.3 is 9.47 Å². The zero-order chi connectivity index (χ0) is 21.8. The molecular weight excluding hydrogens is 388 g/mol. The van der Waals surface area contributed by atoms with Gasteiger partial charge in [0.25, 0.3) is 0 Å². The number of hydrogen-bond donors (Lipinski definition) is 0. The number of hydrogen-bond acceptors (Lipinski definition) is 1. The van der Waals surface area contributed by atoms with Gasteiger partial charge in [-0.05, 0) is 90.1 Å². The van der Waals surface area contributed by atoms with Crippen molar-refractivity contribution in [1.29, 1.82) is 0 Å². The van der Waals surface area contributed by atoms with E-state index in [-0.39, 0.29) is 0 Å². The molecule has 1 heterocycles. The molecule has 0 fully saturated rings. The molecule has 0 amide bonds. The molecule has 6 rings (SSSR count). The summed E-state index contributed by atoms with van der Waals surface area (Å²) < 4.78 is 2.30. The summed E-state index contributed by atoms with van der Waals surface area (Å²) in [6, 6.07) is 29.7. The van der Waals surface area contributed by atoms with Gasteiger partial charge in [0.05, 0.1) is 0 Å². The van der Waals surface area contributed by atoms with E-state index in [1.807, 2.05) is 0 Å². The third kappa shape index (κ3) is 3.14. The molecule has 4 aromatic carbocycles. The molecule has 0 saturated heterocycles. The van der Waals surface area contributed by atoms with Gasteiger partial charge in [-0.2, -0.15) is 0 Å². The molecule has 158 valence electrons. The van der Waals surface area contributed by atoms with Crippen LogP contribution in [-0.2, 0) is 26.4 Å². The fourth-order valence-electron chi connectivity index (χ4n) is 5.42. The molecule has 0 atom stereocenters. The molecule has 2 heteroatoms. The van der Waals surface area contributed by atoms with Crippen molar-refractivity contribution in [1.82, 2.24) is 9.47 Å². The Balaban J connectivity index is 1.33. The lowest BCUT2D eigenvalue weighted by Gasteiger charge is -2.11. The van der Waals surface area contributed by atoms with Gasteiger partial charge >= 0.3 is 0 Å². The van der Waals surface area contributed by atoms with Gasteiger partial charge in [-0.15, -0.1) is 0 Å². The molecule has 2 nitrogen and oxygen atoms in total. The van der Waals surface area contributed by atoms with Crippen LogP contribution < -0.4 is 0 Å². The van der Waals surface area contributed by atoms with Crippen molar-refractivity contribution in [3.63, 3.8) is 0 Å². The minimum absolute atomic E-state index is 0.967. The number of benzene rings is 4. The predicted octanol–water partition coefficient (Wildman–Crippen LogP) is 6.56. The first kappa shape index (κ1) is 19.3. The Morgan fingerprint density at radius 2 is 1.44 bits per heavy atom. The highest BCUT2D eigenvalue weighted by Crippen LogP contribution is 2.38. The molecule has 0 bridgehead atoms. The van der Waals surface area contributed by atoms with Crippen molar-refractivity contribution >= 4 is 21.8 Å². The van der Waals surface area contributed by atoms with Crippen molar-refractivity contribution in [2.24, 2.45) is 7.05 Å². The average Bonchev–Trinajstić information content (AvgIpc) is 3.28. The summed E-state index contributed by atoms with van der Waals surface area (Å²) in [5.41, 5.74) is 12.5. The van der Waals surface area contributed by atoms with E-state index in [1.54, 1.807) is 0 Å². The number of aryl methyl sites for hydroxylation is 1. The maximum absolute atomic E-state index is 2.42. The molecule has 32 heavy (non-hydrogen) atoms. The molecular formula is C30H28N2. The van der Waals surface area contributed by atoms with E-state index >= 15 is 0 Å². The first-order valence-electron chi connectivity index (χ1n) is 11.4. The second kappa shape index (κ2) is 7.36. The third-order valence-corrected chi connectivity index (χ3v) is 6.90. The van der Waals surface area contributed by atoms with Crippen molar-refractivity contribution < 1.29 is 0 Å². The molecule has 0 unspecified atom stereocenters. The minimum atomic E-state index is 0.967. The van der Waals surface area contributed by atoms with E-state index in [9.17, 15) is 0 Å². The molecule has 5 aromatic rings. The normalized spacial score (nSPS) is 12.6. The van der Waals surface area contributed by atoms with Crippen LogP contribution >= 0.6 is 0 Å². The fourth-order valence-corrected chi connectivity index (χ4v) is 5.42. The summed E-state index contributed by atoms with van der Waals surface area (Å²) in [4.78, 5) is 2.23. The van der Waals surface area contributed by atoms with Gasteiger partial charge in [0.1, 0.15) is 0 Å². The van der Waals surface area contributed by atoms with Crippen LogP contribution in [0, 0.1) is 0 Å². The Labute approximate surface area is 189 Å². The Morgan fingerprint density at radius 1 is 0.688 bits per heavy atom. The topological polar surface area (TPSA) is 8.17 Å². The van der Waals surface area contributed by atoms with Crippen LogP contribution in [0.4, 0.5) is 0 Å². The Hall–Kier alpha value is -3.36. The Kier molecular flexibility index (Phi) is 4.44. The first-order valence-corrected chi connectivity index (χ1v) is 11.4. The lowest BCUT2D eigenvalue weighted by molar-refractivity contribution is 0.402. The largest absolute Gasteiger partial charge is 0.344 e. The molecule has 0 spiro atoms. The fraction of sp³-hybridized carbons (Fsp3) is 0.200. The zero-order valence-corrected chi connectivity index (χ0v) is 19.0. The number of fused-ring (bicyclic) bond motifs is 6. The van der Waals surface area contributed by atoms with Crippen LogP contribution in [-0.4, -0.2) is 23.6 Å². The standard InChI is InChI=1S/C30H28N2/c1-31(2)19-22-8-11-23-18-24-15-20(9-12-25(24)27(23)17-22)14-21-10-13-30-28(16-21)26-6-4-5-7-29(26)32(30)3/h4-13,15-17H,14,18-19H2,1-3H3. The third-order valence-electron chi connectivity index (χ3n) is 6.90. The average molecular weight is 417 g/mol. The predicted molar refractivity (Wildman–Crippen MR) is 135 cm³/mol. The molecule has 0 N–H and O–H groups in total. The monoisotopic (exact) mass is 416 g/mol. The highest BCUT2D eigenvalue weighted by Gasteiger charge is 2.19. The quantitative estimate of drug-likeness (QED) is 0.316. The lowest BCUT2D eigenvalue weighted by atomic mass is 9.98. The van der Waals surface area contributed by atoms with E-state index in [1.165, 1.54) is 60.8 Å². The van der Waals surface area contributed by atoms with Crippen molar-refractivity contribution in [3.8, 4) is 11.1 Å². The number of para-hydroxylation sites is 1. The van der Waals surface area contributed by atoms with Gasteiger partial charge in [-0.3, -0.25) is 0 Å². The first-order chi connectivity index (χ1) is 15.6. The SMILES string of the molecule is CN(C)Cc1ccc2c(c1)-c1ccc(Cc3ccc4c(c3)c3ccccc3n4C)cc1C2. The number of aromatic nitrogens is 1. The van der Waals surface area contributed by atoms with Crippen LogP contribution in [0.25, 0.3) is 32.9 Å². The summed E-state index contributed by atoms with van der Waals surface area (Å²) in [6.07, 6.45) is 2.01. The van der Waals surface area contributed by atoms with Crippen molar-refractivity contribution in [2.75, 3.05) is 14.1 Å². The van der Waals surface area contributed by atoms with E-state index in [0.29, 0.717) is 0 Å². The van der Waals surface area contributed by atoms with Gasteiger partial charge in [0.2, 0.25) is 0 Å². The van der Waals surface area contributed by atoms with Crippen molar-refractivity contribution in [3.05, 3.63) is 107 Å². The van der Waals surface area contributed by atoms with Crippen LogP contribution in [0.2, 0.25) is 0 Å². The van der Waals surface area contributed by atoms with Crippen LogP contribution in [0.15, 0.2) is 78.9 Å².